The molecule has 0 spiro atoms. The van der Waals surface area contributed by atoms with Gasteiger partial charge >= 0.3 is 0 Å². The van der Waals surface area contributed by atoms with Gasteiger partial charge in [-0.1, -0.05) is 51.1 Å². The van der Waals surface area contributed by atoms with Crippen molar-refractivity contribution >= 4 is 28.2 Å². The van der Waals surface area contributed by atoms with Crippen molar-refractivity contribution in [1.29, 1.82) is 0 Å². The summed E-state index contributed by atoms with van der Waals surface area (Å²) < 4.78 is 0. The van der Waals surface area contributed by atoms with Crippen LogP contribution < -0.4 is 11.1 Å². The second-order valence-corrected chi connectivity index (χ2v) is 9.27. The van der Waals surface area contributed by atoms with E-state index in [-0.39, 0.29) is 23.8 Å². The number of likely N-dealkylation sites (tertiary alicyclic amines) is 1. The zero-order chi connectivity index (χ0) is 19.8. The van der Waals surface area contributed by atoms with E-state index in [1.807, 2.05) is 56.9 Å². The summed E-state index contributed by atoms with van der Waals surface area (Å²) >= 11 is 1.33. The summed E-state index contributed by atoms with van der Waals surface area (Å²) in [5.41, 5.74) is 7.90. The summed E-state index contributed by atoms with van der Waals surface area (Å²) in [5.74, 6) is 0.0770. The molecule has 5 nitrogen and oxygen atoms in total. The second kappa shape index (κ2) is 7.44. The molecule has 1 aromatic heterocycles. The molecule has 1 aliphatic heterocycles. The number of thiophene rings is 1. The summed E-state index contributed by atoms with van der Waals surface area (Å²) in [7, 11) is 0. The maximum Gasteiger partial charge on any atom is 0.264 e. The largest absolute Gasteiger partial charge is 0.336 e. The third-order valence-corrected chi connectivity index (χ3v) is 6.05. The second-order valence-electron chi connectivity index (χ2n) is 8.22. The Morgan fingerprint density at radius 3 is 2.48 bits per heavy atom. The first-order valence-electron chi connectivity index (χ1n) is 9.18. The molecule has 0 unspecified atom stereocenters. The van der Waals surface area contributed by atoms with Crippen LogP contribution in [-0.2, 0) is 4.79 Å². The fraction of sp³-hybridized carbons (Fsp3) is 0.429. The number of benzene rings is 1. The van der Waals surface area contributed by atoms with E-state index in [9.17, 15) is 9.59 Å². The van der Waals surface area contributed by atoms with Crippen LogP contribution in [0.25, 0.3) is 0 Å². The molecular formula is C21H27N3O2S. The van der Waals surface area contributed by atoms with Crippen molar-refractivity contribution in [2.45, 2.75) is 39.7 Å². The van der Waals surface area contributed by atoms with Crippen LogP contribution in [0, 0.1) is 12.3 Å². The molecule has 1 aromatic carbocycles. The lowest BCUT2D eigenvalue weighted by atomic mass is 9.95. The van der Waals surface area contributed by atoms with Crippen LogP contribution in [-0.4, -0.2) is 35.8 Å². The van der Waals surface area contributed by atoms with Crippen molar-refractivity contribution in [2.75, 3.05) is 18.4 Å². The molecule has 6 heteroatoms. The molecule has 2 heterocycles. The van der Waals surface area contributed by atoms with Crippen LogP contribution in [0.4, 0.5) is 5.00 Å². The first-order chi connectivity index (χ1) is 12.7. The van der Waals surface area contributed by atoms with Gasteiger partial charge in [0.15, 0.2) is 0 Å². The number of nitrogens with zero attached hydrogens (tertiary/aromatic N) is 1. The maximum atomic E-state index is 13.1. The molecule has 0 radical (unpaired) electrons. The van der Waals surface area contributed by atoms with Crippen molar-refractivity contribution in [3.63, 3.8) is 0 Å². The van der Waals surface area contributed by atoms with Crippen molar-refractivity contribution in [2.24, 2.45) is 11.1 Å². The smallest absolute Gasteiger partial charge is 0.264 e. The minimum atomic E-state index is -0.479. The molecule has 1 fully saturated rings. The zero-order valence-electron chi connectivity index (χ0n) is 16.3. The number of carbonyl (C=O) groups is 2. The quantitative estimate of drug-likeness (QED) is 0.847. The maximum absolute atomic E-state index is 13.1. The SMILES string of the molecule is Cc1cc(NC(=O)C(C)(C)C)sc1C(=O)N1C[C@@H](N)[C@H](c2ccccc2)C1. The topological polar surface area (TPSA) is 75.4 Å². The van der Waals surface area contributed by atoms with Crippen LogP contribution in [0.2, 0.25) is 0 Å². The van der Waals surface area contributed by atoms with E-state index in [2.05, 4.69) is 17.4 Å². The number of nitrogens with one attached hydrogen (secondary N) is 1. The molecule has 3 N–H and O–H groups in total. The number of rotatable bonds is 3. The number of hydrogen-bond donors (Lipinski definition) is 2. The molecule has 1 aliphatic rings. The highest BCUT2D eigenvalue weighted by Gasteiger charge is 2.35. The molecule has 2 atom stereocenters. The molecule has 1 saturated heterocycles. The van der Waals surface area contributed by atoms with Gasteiger partial charge in [0.2, 0.25) is 5.91 Å². The lowest BCUT2D eigenvalue weighted by molar-refractivity contribution is -0.123. The predicted octanol–water partition coefficient (Wildman–Crippen LogP) is 3.61. The number of nitrogens with two attached hydrogens (primary N) is 1. The van der Waals surface area contributed by atoms with Crippen molar-refractivity contribution in [3.05, 3.63) is 52.4 Å². The van der Waals surface area contributed by atoms with Crippen LogP contribution in [0.15, 0.2) is 36.4 Å². The van der Waals surface area contributed by atoms with E-state index in [1.54, 1.807) is 0 Å². The molecule has 2 aromatic rings. The minimum Gasteiger partial charge on any atom is -0.336 e. The molecule has 144 valence electrons. The lowest BCUT2D eigenvalue weighted by Crippen LogP contribution is -2.32. The highest BCUT2D eigenvalue weighted by Crippen LogP contribution is 2.32. The molecule has 2 amide bonds. The first-order valence-corrected chi connectivity index (χ1v) is 10.00. The summed E-state index contributed by atoms with van der Waals surface area (Å²) in [6.07, 6.45) is 0. The van der Waals surface area contributed by atoms with Gasteiger partial charge in [-0.3, -0.25) is 9.59 Å². The number of aryl methyl sites for hydroxylation is 1. The number of anilines is 1. The van der Waals surface area contributed by atoms with Gasteiger partial charge in [0.1, 0.15) is 0 Å². The molecule has 0 saturated carbocycles. The summed E-state index contributed by atoms with van der Waals surface area (Å²) in [4.78, 5) is 27.8. The van der Waals surface area contributed by atoms with Gasteiger partial charge in [0.25, 0.3) is 5.91 Å². The molecule has 27 heavy (non-hydrogen) atoms. The van der Waals surface area contributed by atoms with E-state index in [0.717, 1.165) is 5.56 Å². The number of hydrogen-bond acceptors (Lipinski definition) is 4. The molecular weight excluding hydrogens is 358 g/mol. The zero-order valence-corrected chi connectivity index (χ0v) is 17.1. The number of amides is 2. The fourth-order valence-corrected chi connectivity index (χ4v) is 4.28. The predicted molar refractivity (Wildman–Crippen MR) is 110 cm³/mol. The third kappa shape index (κ3) is 4.22. The molecule has 3 rings (SSSR count). The Morgan fingerprint density at radius 2 is 1.85 bits per heavy atom. The Labute approximate surface area is 164 Å². The van der Waals surface area contributed by atoms with Crippen LogP contribution in [0.3, 0.4) is 0 Å². The minimum absolute atomic E-state index is 0.0114. The molecule has 0 aliphatic carbocycles. The Balaban J connectivity index is 1.74. The van der Waals surface area contributed by atoms with Crippen molar-refractivity contribution in [1.82, 2.24) is 4.90 Å². The fourth-order valence-electron chi connectivity index (χ4n) is 3.25. The average molecular weight is 386 g/mol. The summed E-state index contributed by atoms with van der Waals surface area (Å²) in [5, 5.41) is 3.62. The van der Waals surface area contributed by atoms with E-state index in [1.165, 1.54) is 16.9 Å². The Hall–Kier alpha value is -2.18. The van der Waals surface area contributed by atoms with Crippen LogP contribution in [0.1, 0.15) is 47.5 Å². The van der Waals surface area contributed by atoms with E-state index < -0.39 is 5.41 Å². The van der Waals surface area contributed by atoms with Crippen LogP contribution >= 0.6 is 11.3 Å². The van der Waals surface area contributed by atoms with Gasteiger partial charge in [-0.2, -0.15) is 0 Å². The van der Waals surface area contributed by atoms with Crippen molar-refractivity contribution < 1.29 is 9.59 Å². The normalized spacial score (nSPS) is 20.0. The summed E-state index contributed by atoms with van der Waals surface area (Å²) in [6, 6.07) is 11.9. The Bertz CT molecular complexity index is 839. The van der Waals surface area contributed by atoms with Gasteiger partial charge < -0.3 is 16.0 Å². The summed E-state index contributed by atoms with van der Waals surface area (Å²) in [6.45, 7) is 8.66. The average Bonchev–Trinajstić information content (AvgIpc) is 3.17. The monoisotopic (exact) mass is 385 g/mol. The van der Waals surface area contributed by atoms with Crippen LogP contribution in [0.5, 0.6) is 0 Å². The van der Waals surface area contributed by atoms with E-state index in [0.29, 0.717) is 23.0 Å². The van der Waals surface area contributed by atoms with Gasteiger partial charge in [-0.05, 0) is 24.1 Å². The standard InChI is InChI=1S/C21H27N3O2S/c1-13-10-17(23-20(26)21(2,3)4)27-18(13)19(25)24-11-15(16(22)12-24)14-8-6-5-7-9-14/h5-10,15-16H,11-12,22H2,1-4H3,(H,23,26)/t15-,16+/m0/s1. The first kappa shape index (κ1) is 19.6. The van der Waals surface area contributed by atoms with Gasteiger partial charge in [-0.15, -0.1) is 11.3 Å². The van der Waals surface area contributed by atoms with E-state index >= 15 is 0 Å². The Kier molecular flexibility index (Phi) is 5.40. The van der Waals surface area contributed by atoms with Gasteiger partial charge in [0, 0.05) is 30.5 Å². The van der Waals surface area contributed by atoms with Gasteiger partial charge in [-0.25, -0.2) is 0 Å². The highest BCUT2D eigenvalue weighted by molar-refractivity contribution is 7.18. The third-order valence-electron chi connectivity index (χ3n) is 4.91. The van der Waals surface area contributed by atoms with E-state index in [4.69, 9.17) is 5.73 Å². The lowest BCUT2D eigenvalue weighted by Gasteiger charge is -2.17. The highest BCUT2D eigenvalue weighted by atomic mass is 32.1. The molecule has 0 bridgehead atoms. The number of carbonyl (C=O) groups excluding carboxylic acids is 2. The van der Waals surface area contributed by atoms with Crippen molar-refractivity contribution in [3.8, 4) is 0 Å². The van der Waals surface area contributed by atoms with Gasteiger partial charge in [0.05, 0.1) is 9.88 Å². The Morgan fingerprint density at radius 1 is 1.19 bits per heavy atom.